The molecule has 0 radical (unpaired) electrons. The molecule has 0 aromatic heterocycles. The zero-order valence-electron chi connectivity index (χ0n) is 15.6. The SMILES string of the molecule is CCOP(=O)(N[C@@H](c1cccc(Cl)c1)[C@@](CC)(C(=O)OC)[N+](=O)[O-])OCC. The van der Waals surface area contributed by atoms with Gasteiger partial charge in [-0.1, -0.05) is 30.7 Å². The molecule has 1 aromatic rings. The van der Waals surface area contributed by atoms with Crippen LogP contribution in [-0.4, -0.2) is 36.8 Å². The Bertz CT molecular complexity index is 708. The number of hydrogen-bond donors (Lipinski definition) is 1. The van der Waals surface area contributed by atoms with Gasteiger partial charge in [0, 0.05) is 16.4 Å². The second-order valence-corrected chi connectivity index (χ2v) is 7.68. The lowest BCUT2D eigenvalue weighted by Crippen LogP contribution is -2.55. The Balaban J connectivity index is 3.64. The molecule has 0 fully saturated rings. The number of ether oxygens (including phenoxy) is 1. The van der Waals surface area contributed by atoms with E-state index < -0.39 is 30.2 Å². The first-order valence-electron chi connectivity index (χ1n) is 8.36. The van der Waals surface area contributed by atoms with Crippen molar-refractivity contribution < 1.29 is 28.1 Å². The molecule has 0 heterocycles. The third-order valence-electron chi connectivity index (χ3n) is 3.95. The summed E-state index contributed by atoms with van der Waals surface area (Å²) in [5, 5.41) is 14.9. The lowest BCUT2D eigenvalue weighted by atomic mass is 9.84. The number of esters is 1. The summed E-state index contributed by atoms with van der Waals surface area (Å²) in [6.45, 7) is 4.72. The normalized spacial score (nSPS) is 15.0. The molecule has 1 N–H and O–H groups in total. The van der Waals surface area contributed by atoms with Gasteiger partial charge in [-0.3, -0.25) is 19.2 Å². The molecule has 9 nitrogen and oxygen atoms in total. The van der Waals surface area contributed by atoms with Gasteiger partial charge in [0.25, 0.3) is 0 Å². The van der Waals surface area contributed by atoms with Crippen LogP contribution in [0.15, 0.2) is 24.3 Å². The van der Waals surface area contributed by atoms with Crippen LogP contribution in [0.3, 0.4) is 0 Å². The Labute approximate surface area is 163 Å². The fraction of sp³-hybridized carbons (Fsp3) is 0.562. The third kappa shape index (κ3) is 5.27. The summed E-state index contributed by atoms with van der Waals surface area (Å²) >= 11 is 6.02. The summed E-state index contributed by atoms with van der Waals surface area (Å²) in [6.07, 6.45) is -0.241. The molecule has 0 aliphatic carbocycles. The number of methoxy groups -OCH3 is 1. The standard InChI is InChI=1S/C16H24ClN2O7P/c1-5-16(19(21)22,15(20)24-4)14(12-9-8-10-13(17)11-12)18-27(23,25-6-2)26-7-3/h8-11,14H,5-7H2,1-4H3,(H,18,23)/t14-,16-/m0/s1. The second kappa shape index (κ2) is 10.1. The number of carbonyl (C=O) groups is 1. The number of nitrogens with one attached hydrogen (secondary N) is 1. The quantitative estimate of drug-likeness (QED) is 0.248. The van der Waals surface area contributed by atoms with E-state index in [-0.39, 0.29) is 25.2 Å². The Hall–Kier alpha value is -1.51. The number of hydrogen-bond acceptors (Lipinski definition) is 7. The highest BCUT2D eigenvalue weighted by Gasteiger charge is 2.60. The van der Waals surface area contributed by atoms with Crippen molar-refractivity contribution in [3.63, 3.8) is 0 Å². The van der Waals surface area contributed by atoms with Gasteiger partial charge in [-0.25, -0.2) is 14.4 Å². The average Bonchev–Trinajstić information content (AvgIpc) is 2.61. The number of halogens is 1. The van der Waals surface area contributed by atoms with Gasteiger partial charge >= 0.3 is 19.3 Å². The largest absolute Gasteiger partial charge is 0.464 e. The molecule has 0 amide bonds. The van der Waals surface area contributed by atoms with Crippen LogP contribution in [0.1, 0.15) is 38.8 Å². The summed E-state index contributed by atoms with van der Waals surface area (Å²) in [4.78, 5) is 23.8. The van der Waals surface area contributed by atoms with Gasteiger partial charge < -0.3 is 4.74 Å². The molecular formula is C16H24ClN2O7P. The smallest absolute Gasteiger partial charge is 0.406 e. The van der Waals surface area contributed by atoms with Crippen LogP contribution in [-0.2, 0) is 23.1 Å². The molecular weight excluding hydrogens is 399 g/mol. The molecule has 0 aliphatic heterocycles. The molecule has 1 aromatic carbocycles. The highest BCUT2D eigenvalue weighted by Crippen LogP contribution is 2.49. The predicted molar refractivity (Wildman–Crippen MR) is 100 cm³/mol. The van der Waals surface area contributed by atoms with Gasteiger partial charge in [0.15, 0.2) is 0 Å². The molecule has 1 rings (SSSR count). The molecule has 2 atom stereocenters. The first-order valence-corrected chi connectivity index (χ1v) is 10.3. The predicted octanol–water partition coefficient (Wildman–Crippen LogP) is 3.75. The van der Waals surface area contributed by atoms with E-state index in [0.717, 1.165) is 7.11 Å². The number of nitrogens with zero attached hydrogens (tertiary/aromatic N) is 1. The minimum atomic E-state index is -3.96. The number of nitro groups is 1. The fourth-order valence-electron chi connectivity index (χ4n) is 2.71. The van der Waals surface area contributed by atoms with E-state index in [1.165, 1.54) is 19.1 Å². The maximum atomic E-state index is 13.0. The molecule has 27 heavy (non-hydrogen) atoms. The van der Waals surface area contributed by atoms with Crippen molar-refractivity contribution in [3.8, 4) is 0 Å². The molecule has 0 spiro atoms. The van der Waals surface area contributed by atoms with E-state index in [2.05, 4.69) is 5.09 Å². The van der Waals surface area contributed by atoms with Crippen LogP contribution < -0.4 is 5.09 Å². The lowest BCUT2D eigenvalue weighted by molar-refractivity contribution is -0.561. The summed E-state index contributed by atoms with van der Waals surface area (Å²) in [7, 11) is -2.91. The highest BCUT2D eigenvalue weighted by atomic mass is 35.5. The van der Waals surface area contributed by atoms with Crippen molar-refractivity contribution in [2.45, 2.75) is 38.8 Å². The summed E-state index contributed by atoms with van der Waals surface area (Å²) in [5.74, 6) is -1.09. The van der Waals surface area contributed by atoms with E-state index >= 15 is 0 Å². The van der Waals surface area contributed by atoms with Gasteiger partial charge in [-0.15, -0.1) is 0 Å². The Morgan fingerprint density at radius 3 is 2.33 bits per heavy atom. The van der Waals surface area contributed by atoms with Crippen molar-refractivity contribution in [2.24, 2.45) is 0 Å². The highest BCUT2D eigenvalue weighted by molar-refractivity contribution is 7.51. The number of benzene rings is 1. The van der Waals surface area contributed by atoms with Crippen LogP contribution in [0.5, 0.6) is 0 Å². The maximum Gasteiger partial charge on any atom is 0.406 e. The molecule has 0 saturated carbocycles. The van der Waals surface area contributed by atoms with Crippen LogP contribution in [0.25, 0.3) is 0 Å². The maximum absolute atomic E-state index is 13.0. The van der Waals surface area contributed by atoms with Gasteiger partial charge in [0.2, 0.25) is 0 Å². The van der Waals surface area contributed by atoms with Crippen molar-refractivity contribution in [1.29, 1.82) is 0 Å². The molecule has 152 valence electrons. The molecule has 0 saturated heterocycles. The minimum absolute atomic E-state index is 0.0301. The van der Waals surface area contributed by atoms with Gasteiger partial charge in [-0.2, -0.15) is 0 Å². The van der Waals surface area contributed by atoms with Crippen LogP contribution in [0.4, 0.5) is 0 Å². The Kier molecular flexibility index (Phi) is 8.84. The van der Waals surface area contributed by atoms with Crippen LogP contribution in [0.2, 0.25) is 5.02 Å². The van der Waals surface area contributed by atoms with E-state index in [0.29, 0.717) is 5.02 Å². The minimum Gasteiger partial charge on any atom is -0.464 e. The molecule has 0 bridgehead atoms. The van der Waals surface area contributed by atoms with Gasteiger partial charge in [0.1, 0.15) is 6.04 Å². The van der Waals surface area contributed by atoms with Crippen LogP contribution in [0, 0.1) is 10.1 Å². The van der Waals surface area contributed by atoms with Crippen molar-refractivity contribution in [1.82, 2.24) is 5.09 Å². The summed E-state index contributed by atoms with van der Waals surface area (Å²) in [6, 6.07) is 4.73. The summed E-state index contributed by atoms with van der Waals surface area (Å²) < 4.78 is 28.1. The zero-order valence-corrected chi connectivity index (χ0v) is 17.3. The first kappa shape index (κ1) is 23.5. The van der Waals surface area contributed by atoms with Crippen molar-refractivity contribution >= 4 is 25.3 Å². The van der Waals surface area contributed by atoms with Crippen molar-refractivity contribution in [2.75, 3.05) is 20.3 Å². The number of carbonyl (C=O) groups excluding carboxylic acids is 1. The number of rotatable bonds is 11. The fourth-order valence-corrected chi connectivity index (χ4v) is 4.49. The second-order valence-electron chi connectivity index (χ2n) is 5.48. The third-order valence-corrected chi connectivity index (χ3v) is 5.95. The molecule has 0 aliphatic rings. The monoisotopic (exact) mass is 422 g/mol. The Morgan fingerprint density at radius 2 is 1.93 bits per heavy atom. The average molecular weight is 423 g/mol. The van der Waals surface area contributed by atoms with Gasteiger partial charge in [-0.05, 0) is 31.5 Å². The first-order chi connectivity index (χ1) is 12.7. The van der Waals surface area contributed by atoms with E-state index in [4.69, 9.17) is 25.4 Å². The topological polar surface area (TPSA) is 117 Å². The van der Waals surface area contributed by atoms with E-state index in [1.54, 1.807) is 26.0 Å². The summed E-state index contributed by atoms with van der Waals surface area (Å²) in [5.41, 5.74) is -2.00. The van der Waals surface area contributed by atoms with Crippen molar-refractivity contribution in [3.05, 3.63) is 45.0 Å². The van der Waals surface area contributed by atoms with Crippen LogP contribution >= 0.6 is 19.3 Å². The molecule has 0 unspecified atom stereocenters. The lowest BCUT2D eigenvalue weighted by Gasteiger charge is -2.33. The van der Waals surface area contributed by atoms with Gasteiger partial charge in [0.05, 0.1) is 20.3 Å². The van der Waals surface area contributed by atoms with E-state index in [9.17, 15) is 19.5 Å². The molecule has 11 heteroatoms. The zero-order chi connectivity index (χ0) is 20.7. The Morgan fingerprint density at radius 1 is 1.33 bits per heavy atom. The van der Waals surface area contributed by atoms with E-state index in [1.807, 2.05) is 0 Å².